The minimum atomic E-state index is -0.988. The summed E-state index contributed by atoms with van der Waals surface area (Å²) in [5.74, 6) is 1.32. The SMILES string of the molecule is CCOC(=O)N1C(=O)c2cc(N)c(C#CSI)cc2C1=O. The molecule has 0 radical (unpaired) electrons. The quantitative estimate of drug-likeness (QED) is 0.327. The van der Waals surface area contributed by atoms with Crippen LogP contribution in [0.3, 0.4) is 0 Å². The molecule has 1 aliphatic heterocycles. The fourth-order valence-electron chi connectivity index (χ4n) is 1.84. The lowest BCUT2D eigenvalue weighted by molar-refractivity contribution is 0.0596. The van der Waals surface area contributed by atoms with Gasteiger partial charge in [0, 0.05) is 32.5 Å². The van der Waals surface area contributed by atoms with Crippen molar-refractivity contribution < 1.29 is 19.1 Å². The Morgan fingerprint density at radius 2 is 2.00 bits per heavy atom. The molecule has 21 heavy (non-hydrogen) atoms. The van der Waals surface area contributed by atoms with Crippen molar-refractivity contribution in [3.05, 3.63) is 28.8 Å². The van der Waals surface area contributed by atoms with Crippen LogP contribution in [0.1, 0.15) is 33.2 Å². The van der Waals surface area contributed by atoms with Gasteiger partial charge in [-0.25, -0.2) is 4.79 Å². The van der Waals surface area contributed by atoms with E-state index in [2.05, 4.69) is 11.2 Å². The van der Waals surface area contributed by atoms with E-state index in [1.807, 2.05) is 21.2 Å². The number of rotatable bonds is 1. The molecule has 0 saturated carbocycles. The first-order valence-corrected chi connectivity index (χ1v) is 9.14. The van der Waals surface area contributed by atoms with Gasteiger partial charge in [0.05, 0.1) is 17.7 Å². The first kappa shape index (κ1) is 15.7. The number of nitrogen functional groups attached to an aromatic ring is 1. The summed E-state index contributed by atoms with van der Waals surface area (Å²) in [4.78, 5) is 36.4. The molecule has 6 nitrogen and oxygen atoms in total. The van der Waals surface area contributed by atoms with Crippen LogP contribution < -0.4 is 5.73 Å². The maximum Gasteiger partial charge on any atom is 0.424 e. The van der Waals surface area contributed by atoms with Crippen molar-refractivity contribution in [2.75, 3.05) is 12.3 Å². The average molecular weight is 416 g/mol. The number of fused-ring (bicyclic) bond motifs is 1. The van der Waals surface area contributed by atoms with Gasteiger partial charge in [0.1, 0.15) is 0 Å². The lowest BCUT2D eigenvalue weighted by atomic mass is 10.0. The molecule has 3 amide bonds. The van der Waals surface area contributed by atoms with Crippen LogP contribution in [0.15, 0.2) is 12.1 Å². The zero-order valence-corrected chi connectivity index (χ0v) is 13.8. The van der Waals surface area contributed by atoms with E-state index in [1.165, 1.54) is 21.1 Å². The maximum absolute atomic E-state index is 12.2. The fourth-order valence-corrected chi connectivity index (χ4v) is 2.32. The number of benzene rings is 1. The lowest BCUT2D eigenvalue weighted by Crippen LogP contribution is -2.36. The van der Waals surface area contributed by atoms with Crippen molar-refractivity contribution in [1.29, 1.82) is 0 Å². The van der Waals surface area contributed by atoms with Gasteiger partial charge in [-0.15, -0.1) is 0 Å². The topological polar surface area (TPSA) is 89.7 Å². The number of amides is 3. The zero-order valence-electron chi connectivity index (χ0n) is 10.8. The third-order valence-electron chi connectivity index (χ3n) is 2.73. The summed E-state index contributed by atoms with van der Waals surface area (Å²) in [5, 5.41) is 2.75. The summed E-state index contributed by atoms with van der Waals surface area (Å²) in [7, 11) is 1.27. The molecule has 0 atom stereocenters. The van der Waals surface area contributed by atoms with Crippen LogP contribution in [0.5, 0.6) is 0 Å². The normalized spacial score (nSPS) is 12.8. The number of hydrogen-bond acceptors (Lipinski definition) is 6. The Hall–Kier alpha value is -1.73. The Morgan fingerprint density at radius 3 is 2.57 bits per heavy atom. The standard InChI is InChI=1S/C13H9IN2O4S/c1-2-20-13(19)16-11(17)8-5-7(3-4-21-14)10(15)6-9(8)12(16)18/h5-6H,2,15H2,1H3. The Kier molecular flexibility index (Phi) is 4.74. The van der Waals surface area contributed by atoms with E-state index in [0.717, 1.165) is 0 Å². The van der Waals surface area contributed by atoms with Gasteiger partial charge in [-0.3, -0.25) is 9.59 Å². The third kappa shape index (κ3) is 2.84. The van der Waals surface area contributed by atoms with Crippen molar-refractivity contribution in [3.63, 3.8) is 0 Å². The number of hydrogen-bond donors (Lipinski definition) is 1. The molecule has 0 saturated heterocycles. The molecule has 8 heteroatoms. The number of anilines is 1. The van der Waals surface area contributed by atoms with E-state index in [0.29, 0.717) is 10.5 Å². The summed E-state index contributed by atoms with van der Waals surface area (Å²) in [6, 6.07) is 2.78. The van der Waals surface area contributed by atoms with Crippen molar-refractivity contribution in [1.82, 2.24) is 4.90 Å². The minimum absolute atomic E-state index is 0.0674. The predicted molar refractivity (Wildman–Crippen MR) is 86.9 cm³/mol. The Morgan fingerprint density at radius 1 is 1.38 bits per heavy atom. The van der Waals surface area contributed by atoms with Gasteiger partial charge in [0.15, 0.2) is 0 Å². The molecule has 2 rings (SSSR count). The van der Waals surface area contributed by atoms with E-state index in [4.69, 9.17) is 10.5 Å². The molecule has 108 valence electrons. The second-order valence-electron chi connectivity index (χ2n) is 3.93. The van der Waals surface area contributed by atoms with Gasteiger partial charge in [-0.1, -0.05) is 5.92 Å². The molecule has 1 aliphatic rings. The number of ether oxygens (including phenoxy) is 1. The number of carbonyl (C=O) groups excluding carboxylic acids is 3. The molecule has 1 aromatic carbocycles. The van der Waals surface area contributed by atoms with E-state index in [-0.39, 0.29) is 23.4 Å². The number of carbonyl (C=O) groups is 3. The molecule has 0 spiro atoms. The van der Waals surface area contributed by atoms with E-state index < -0.39 is 17.9 Å². The zero-order chi connectivity index (χ0) is 15.6. The molecule has 0 aromatic heterocycles. The Labute approximate surface area is 137 Å². The van der Waals surface area contributed by atoms with Crippen LogP contribution in [0, 0.1) is 11.2 Å². The van der Waals surface area contributed by atoms with Gasteiger partial charge in [0.25, 0.3) is 11.8 Å². The summed E-state index contributed by atoms with van der Waals surface area (Å²) in [5.41, 5.74) is 6.70. The summed E-state index contributed by atoms with van der Waals surface area (Å²) in [6.45, 7) is 1.65. The maximum atomic E-state index is 12.2. The number of nitrogens with zero attached hydrogens (tertiary/aromatic N) is 1. The van der Waals surface area contributed by atoms with Crippen LogP contribution in [0.4, 0.5) is 10.5 Å². The first-order valence-electron chi connectivity index (χ1n) is 5.78. The molecule has 2 N–H and O–H groups in total. The lowest BCUT2D eigenvalue weighted by Gasteiger charge is -2.10. The highest BCUT2D eigenvalue weighted by Gasteiger charge is 2.41. The van der Waals surface area contributed by atoms with Gasteiger partial charge in [0.2, 0.25) is 0 Å². The number of nitrogens with two attached hydrogens (primary N) is 1. The van der Waals surface area contributed by atoms with Gasteiger partial charge in [-0.2, -0.15) is 4.90 Å². The fraction of sp³-hybridized carbons (Fsp3) is 0.154. The smallest absolute Gasteiger partial charge is 0.424 e. The third-order valence-corrected chi connectivity index (χ3v) is 3.57. The van der Waals surface area contributed by atoms with E-state index in [1.54, 1.807) is 6.92 Å². The highest BCUT2D eigenvalue weighted by molar-refractivity contribution is 14.2. The molecule has 0 bridgehead atoms. The molecule has 1 heterocycles. The number of halogens is 1. The summed E-state index contributed by atoms with van der Waals surface area (Å²) < 4.78 is 4.71. The van der Waals surface area contributed by atoms with Crippen molar-refractivity contribution in [2.45, 2.75) is 6.92 Å². The highest BCUT2D eigenvalue weighted by Crippen LogP contribution is 2.28. The molecular weight excluding hydrogens is 407 g/mol. The predicted octanol–water partition coefficient (Wildman–Crippen LogP) is 2.41. The number of imide groups is 3. The Balaban J connectivity index is 2.47. The second kappa shape index (κ2) is 6.36. The molecule has 0 fully saturated rings. The van der Waals surface area contributed by atoms with Gasteiger partial charge < -0.3 is 10.5 Å². The summed E-state index contributed by atoms with van der Waals surface area (Å²) in [6.07, 6.45) is -0.988. The van der Waals surface area contributed by atoms with Crippen LogP contribution in [-0.2, 0) is 4.74 Å². The molecule has 0 aliphatic carbocycles. The second-order valence-corrected chi connectivity index (χ2v) is 5.61. The van der Waals surface area contributed by atoms with E-state index >= 15 is 0 Å². The van der Waals surface area contributed by atoms with Crippen molar-refractivity contribution in [3.8, 4) is 11.2 Å². The van der Waals surface area contributed by atoms with Crippen LogP contribution >= 0.6 is 30.1 Å². The van der Waals surface area contributed by atoms with E-state index in [9.17, 15) is 14.4 Å². The summed E-state index contributed by atoms with van der Waals surface area (Å²) >= 11 is 2.00. The minimum Gasteiger partial charge on any atom is -0.449 e. The average Bonchev–Trinajstić information content (AvgIpc) is 2.68. The van der Waals surface area contributed by atoms with Crippen molar-refractivity contribution in [2.24, 2.45) is 0 Å². The highest BCUT2D eigenvalue weighted by atomic mass is 127. The molecule has 1 aromatic rings. The van der Waals surface area contributed by atoms with Gasteiger partial charge >= 0.3 is 6.09 Å². The molecular formula is C13H9IN2O4S. The molecule has 0 unspecified atom stereocenters. The Bertz CT molecular complexity index is 708. The van der Waals surface area contributed by atoms with Crippen LogP contribution in [0.2, 0.25) is 0 Å². The van der Waals surface area contributed by atoms with Crippen LogP contribution in [-0.4, -0.2) is 29.4 Å². The van der Waals surface area contributed by atoms with Crippen LogP contribution in [0.25, 0.3) is 0 Å². The monoisotopic (exact) mass is 416 g/mol. The largest absolute Gasteiger partial charge is 0.449 e. The van der Waals surface area contributed by atoms with Gasteiger partial charge in [-0.05, 0) is 33.2 Å². The van der Waals surface area contributed by atoms with Crippen molar-refractivity contribution >= 4 is 53.7 Å². The first-order chi connectivity index (χ1) is 10.0.